The standard InChI is InChI=1S/C19H22N4O/c1-5-11-6-8-12(9-7-11)14-13(10-20)17(21)24-18-15(14)16(22-23-18)19(2,3)4/h6-9,14H,5,21H2,1-4H3,(H,22,23)/t14-/m1/s1. The van der Waals surface area contributed by atoms with Crippen LogP contribution in [0.2, 0.25) is 0 Å². The van der Waals surface area contributed by atoms with Crippen molar-refractivity contribution >= 4 is 0 Å². The first kappa shape index (κ1) is 16.1. The number of hydrogen-bond donors (Lipinski definition) is 2. The van der Waals surface area contributed by atoms with E-state index in [1.165, 1.54) is 5.56 Å². The fourth-order valence-corrected chi connectivity index (χ4v) is 3.10. The largest absolute Gasteiger partial charge is 0.420 e. The van der Waals surface area contributed by atoms with Crippen molar-refractivity contribution in [1.82, 2.24) is 10.2 Å². The van der Waals surface area contributed by atoms with E-state index in [1.807, 2.05) is 0 Å². The lowest BCUT2D eigenvalue weighted by Crippen LogP contribution is -2.23. The van der Waals surface area contributed by atoms with Crippen LogP contribution in [0.5, 0.6) is 5.88 Å². The summed E-state index contributed by atoms with van der Waals surface area (Å²) in [5, 5.41) is 17.0. The van der Waals surface area contributed by atoms with E-state index in [4.69, 9.17) is 10.5 Å². The van der Waals surface area contributed by atoms with Gasteiger partial charge in [-0.05, 0) is 17.5 Å². The SMILES string of the molecule is CCc1ccc([C@@H]2C(C#N)=C(N)Oc3n[nH]c(C(C)(C)C)c32)cc1. The highest BCUT2D eigenvalue weighted by Crippen LogP contribution is 2.45. The molecule has 3 N–H and O–H groups in total. The van der Waals surface area contributed by atoms with Gasteiger partial charge in [-0.1, -0.05) is 52.0 Å². The van der Waals surface area contributed by atoms with Gasteiger partial charge in [0.2, 0.25) is 11.8 Å². The van der Waals surface area contributed by atoms with Gasteiger partial charge < -0.3 is 10.5 Å². The van der Waals surface area contributed by atoms with Crippen molar-refractivity contribution in [1.29, 1.82) is 5.26 Å². The molecule has 3 rings (SSSR count). The van der Waals surface area contributed by atoms with Gasteiger partial charge in [0.1, 0.15) is 11.6 Å². The third kappa shape index (κ3) is 2.54. The Bertz CT molecular complexity index is 832. The van der Waals surface area contributed by atoms with Crippen molar-refractivity contribution in [3.63, 3.8) is 0 Å². The summed E-state index contributed by atoms with van der Waals surface area (Å²) < 4.78 is 5.60. The first-order valence-electron chi connectivity index (χ1n) is 8.12. The molecule has 0 amide bonds. The molecule has 5 nitrogen and oxygen atoms in total. The van der Waals surface area contributed by atoms with Gasteiger partial charge >= 0.3 is 0 Å². The highest BCUT2D eigenvalue weighted by Gasteiger charge is 2.37. The summed E-state index contributed by atoms with van der Waals surface area (Å²) in [6.07, 6.45) is 0.974. The van der Waals surface area contributed by atoms with Crippen LogP contribution in [0.15, 0.2) is 35.7 Å². The maximum Gasteiger partial charge on any atom is 0.244 e. The van der Waals surface area contributed by atoms with E-state index in [1.54, 1.807) is 0 Å². The van der Waals surface area contributed by atoms with Crippen LogP contribution in [0.3, 0.4) is 0 Å². The lowest BCUT2D eigenvalue weighted by atomic mass is 9.78. The van der Waals surface area contributed by atoms with Gasteiger partial charge in [0.25, 0.3) is 0 Å². The number of hydrogen-bond acceptors (Lipinski definition) is 4. The minimum Gasteiger partial charge on any atom is -0.420 e. The van der Waals surface area contributed by atoms with Crippen molar-refractivity contribution in [3.05, 3.63) is 58.1 Å². The average Bonchev–Trinajstić information content (AvgIpc) is 2.97. The van der Waals surface area contributed by atoms with Crippen molar-refractivity contribution in [3.8, 4) is 11.9 Å². The molecule has 1 aliphatic rings. The molecule has 2 aromatic rings. The maximum atomic E-state index is 9.65. The predicted octanol–water partition coefficient (Wildman–Crippen LogP) is 3.49. The van der Waals surface area contributed by atoms with Crippen molar-refractivity contribution < 1.29 is 4.74 Å². The zero-order chi connectivity index (χ0) is 17.5. The second kappa shape index (κ2) is 5.72. The summed E-state index contributed by atoms with van der Waals surface area (Å²) in [6.45, 7) is 8.43. The van der Waals surface area contributed by atoms with Crippen LogP contribution >= 0.6 is 0 Å². The number of rotatable bonds is 2. The second-order valence-electron chi connectivity index (χ2n) is 7.09. The fourth-order valence-electron chi connectivity index (χ4n) is 3.10. The molecule has 0 spiro atoms. The van der Waals surface area contributed by atoms with E-state index in [9.17, 15) is 5.26 Å². The second-order valence-corrected chi connectivity index (χ2v) is 7.09. The predicted molar refractivity (Wildman–Crippen MR) is 92.4 cm³/mol. The summed E-state index contributed by atoms with van der Waals surface area (Å²) >= 11 is 0. The van der Waals surface area contributed by atoms with E-state index in [0.717, 1.165) is 23.2 Å². The van der Waals surface area contributed by atoms with Crippen LogP contribution in [0.1, 0.15) is 56.0 Å². The van der Waals surface area contributed by atoms with E-state index in [0.29, 0.717) is 11.5 Å². The summed E-state index contributed by atoms with van der Waals surface area (Å²) in [5.41, 5.74) is 10.4. The first-order valence-corrected chi connectivity index (χ1v) is 8.12. The highest BCUT2D eigenvalue weighted by atomic mass is 16.5. The number of H-pyrrole nitrogens is 1. The Morgan fingerprint density at radius 2 is 1.96 bits per heavy atom. The first-order chi connectivity index (χ1) is 11.4. The molecule has 2 heterocycles. The molecule has 1 atom stereocenters. The van der Waals surface area contributed by atoms with E-state index >= 15 is 0 Å². The number of benzene rings is 1. The van der Waals surface area contributed by atoms with Crippen molar-refractivity contribution in [2.75, 3.05) is 0 Å². The van der Waals surface area contributed by atoms with Crippen LogP contribution in [0.4, 0.5) is 0 Å². The lowest BCUT2D eigenvalue weighted by Gasteiger charge is -2.27. The average molecular weight is 322 g/mol. The smallest absolute Gasteiger partial charge is 0.244 e. The summed E-state index contributed by atoms with van der Waals surface area (Å²) in [6, 6.07) is 10.5. The third-order valence-electron chi connectivity index (χ3n) is 4.41. The third-order valence-corrected chi connectivity index (χ3v) is 4.41. The number of ether oxygens (including phenoxy) is 1. The Kier molecular flexibility index (Phi) is 3.84. The minimum atomic E-state index is -0.266. The number of fused-ring (bicyclic) bond motifs is 1. The van der Waals surface area contributed by atoms with Crippen LogP contribution < -0.4 is 10.5 Å². The molecule has 1 aliphatic heterocycles. The Balaban J connectivity index is 2.22. The molecular formula is C19H22N4O. The number of nitrogens with two attached hydrogens (primary N) is 1. The van der Waals surface area contributed by atoms with E-state index < -0.39 is 0 Å². The van der Waals surface area contributed by atoms with Gasteiger partial charge in [-0.2, -0.15) is 5.26 Å². The number of aromatic nitrogens is 2. The molecular weight excluding hydrogens is 300 g/mol. The summed E-state index contributed by atoms with van der Waals surface area (Å²) in [7, 11) is 0. The molecule has 5 heteroatoms. The Morgan fingerprint density at radius 3 is 2.50 bits per heavy atom. The fraction of sp³-hybridized carbons (Fsp3) is 0.368. The highest BCUT2D eigenvalue weighted by molar-refractivity contribution is 5.56. The normalized spacial score (nSPS) is 17.2. The molecule has 0 saturated carbocycles. The Labute approximate surface area is 142 Å². The molecule has 0 bridgehead atoms. The minimum absolute atomic E-state index is 0.126. The van der Waals surface area contributed by atoms with Gasteiger partial charge in [-0.25, -0.2) is 0 Å². The molecule has 0 unspecified atom stereocenters. The quantitative estimate of drug-likeness (QED) is 0.886. The number of aryl methyl sites for hydroxylation is 1. The van der Waals surface area contributed by atoms with Crippen molar-refractivity contribution in [2.24, 2.45) is 5.73 Å². The number of nitrogens with zero attached hydrogens (tertiary/aromatic N) is 2. The van der Waals surface area contributed by atoms with E-state index in [2.05, 4.69) is 68.2 Å². The number of allylic oxidation sites excluding steroid dienone is 1. The van der Waals surface area contributed by atoms with Crippen LogP contribution in [0.25, 0.3) is 0 Å². The molecule has 24 heavy (non-hydrogen) atoms. The molecule has 124 valence electrons. The molecule has 1 aromatic heterocycles. The Morgan fingerprint density at radius 1 is 1.29 bits per heavy atom. The maximum absolute atomic E-state index is 9.65. The van der Waals surface area contributed by atoms with Crippen LogP contribution in [-0.4, -0.2) is 10.2 Å². The van der Waals surface area contributed by atoms with Crippen molar-refractivity contribution in [2.45, 2.75) is 45.4 Å². The van der Waals surface area contributed by atoms with Gasteiger partial charge in [-0.15, -0.1) is 5.10 Å². The monoisotopic (exact) mass is 322 g/mol. The van der Waals surface area contributed by atoms with Crippen LogP contribution in [-0.2, 0) is 11.8 Å². The zero-order valence-corrected chi connectivity index (χ0v) is 14.5. The molecule has 0 radical (unpaired) electrons. The van der Waals surface area contributed by atoms with Crippen LogP contribution in [0, 0.1) is 11.3 Å². The lowest BCUT2D eigenvalue weighted by molar-refractivity contribution is 0.378. The zero-order valence-electron chi connectivity index (χ0n) is 14.5. The number of nitrogens with one attached hydrogen (secondary N) is 1. The topological polar surface area (TPSA) is 87.7 Å². The summed E-state index contributed by atoms with van der Waals surface area (Å²) in [4.78, 5) is 0. The number of aromatic amines is 1. The molecule has 0 saturated heterocycles. The van der Waals surface area contributed by atoms with Gasteiger partial charge in [0.15, 0.2) is 0 Å². The molecule has 1 aromatic carbocycles. The summed E-state index contributed by atoms with van der Waals surface area (Å²) in [5.74, 6) is 0.320. The molecule has 0 fully saturated rings. The molecule has 0 aliphatic carbocycles. The Hall–Kier alpha value is -2.74. The van der Waals surface area contributed by atoms with Gasteiger partial charge in [0.05, 0.1) is 11.5 Å². The number of nitriles is 1. The van der Waals surface area contributed by atoms with E-state index in [-0.39, 0.29) is 17.2 Å². The van der Waals surface area contributed by atoms with Gasteiger partial charge in [0, 0.05) is 11.1 Å². The van der Waals surface area contributed by atoms with Gasteiger partial charge in [-0.3, -0.25) is 5.10 Å².